The van der Waals surface area contributed by atoms with Crippen molar-refractivity contribution in [1.29, 1.82) is 0 Å². The maximum absolute atomic E-state index is 14.1. The lowest BCUT2D eigenvalue weighted by Gasteiger charge is -2.44. The van der Waals surface area contributed by atoms with Crippen molar-refractivity contribution in [2.75, 3.05) is 36.9 Å². The van der Waals surface area contributed by atoms with Gasteiger partial charge in [0.05, 0.1) is 11.5 Å². The third kappa shape index (κ3) is 4.68. The first-order valence-corrected chi connectivity index (χ1v) is 13.6. The number of aromatic nitrogens is 3. The summed E-state index contributed by atoms with van der Waals surface area (Å²) >= 11 is 0. The number of unbranched alkanes of at least 4 members (excludes halogenated alkanes) is 1. The SMILES string of the molecule is CCCCNc1ncc2c3ccc(N4C[C@@H](C)N(C)C[C@@H]4C)cc3c(=O)n(C3CCC(O)CC3)c2n1. The Morgan fingerprint density at radius 2 is 1.83 bits per heavy atom. The first-order chi connectivity index (χ1) is 17.4. The minimum absolute atomic E-state index is 0.00813. The number of benzene rings is 1. The van der Waals surface area contributed by atoms with E-state index in [0.29, 0.717) is 36.5 Å². The van der Waals surface area contributed by atoms with Crippen molar-refractivity contribution in [3.8, 4) is 0 Å². The highest BCUT2D eigenvalue weighted by molar-refractivity contribution is 6.05. The number of aliphatic hydroxyl groups excluding tert-OH is 1. The van der Waals surface area contributed by atoms with Crippen LogP contribution >= 0.6 is 0 Å². The van der Waals surface area contributed by atoms with Crippen LogP contribution in [0.4, 0.5) is 11.6 Å². The Bertz CT molecular complexity index is 1280. The van der Waals surface area contributed by atoms with E-state index >= 15 is 0 Å². The normalized spacial score (nSPS) is 25.5. The summed E-state index contributed by atoms with van der Waals surface area (Å²) in [6, 6.07) is 7.14. The summed E-state index contributed by atoms with van der Waals surface area (Å²) in [6.07, 6.45) is 6.68. The molecule has 1 saturated heterocycles. The number of likely N-dealkylation sites (N-methyl/N-ethyl adjacent to an activating group) is 1. The molecule has 2 aromatic heterocycles. The van der Waals surface area contributed by atoms with Crippen LogP contribution < -0.4 is 15.8 Å². The molecule has 0 radical (unpaired) electrons. The van der Waals surface area contributed by atoms with Crippen LogP contribution in [0, 0.1) is 0 Å². The molecule has 8 nitrogen and oxygen atoms in total. The molecule has 1 aliphatic heterocycles. The summed E-state index contributed by atoms with van der Waals surface area (Å²) in [6.45, 7) is 9.39. The van der Waals surface area contributed by atoms with E-state index in [1.807, 2.05) is 10.8 Å². The number of nitrogens with one attached hydrogen (secondary N) is 1. The van der Waals surface area contributed by atoms with Crippen molar-refractivity contribution in [1.82, 2.24) is 19.4 Å². The molecule has 0 amide bonds. The third-order valence-electron chi connectivity index (χ3n) is 8.21. The molecule has 3 aromatic rings. The van der Waals surface area contributed by atoms with Crippen molar-refractivity contribution in [2.24, 2.45) is 0 Å². The van der Waals surface area contributed by atoms with Gasteiger partial charge in [-0.2, -0.15) is 4.98 Å². The van der Waals surface area contributed by atoms with Gasteiger partial charge < -0.3 is 15.3 Å². The highest BCUT2D eigenvalue weighted by Gasteiger charge is 2.28. The first-order valence-electron chi connectivity index (χ1n) is 13.6. The number of aliphatic hydroxyl groups is 1. The van der Waals surface area contributed by atoms with Gasteiger partial charge in [-0.05, 0) is 70.5 Å². The van der Waals surface area contributed by atoms with Crippen LogP contribution in [0.1, 0.15) is 65.3 Å². The summed E-state index contributed by atoms with van der Waals surface area (Å²) in [5.74, 6) is 0.566. The minimum atomic E-state index is -0.281. The largest absolute Gasteiger partial charge is 0.393 e. The predicted octanol–water partition coefficient (Wildman–Crippen LogP) is 4.16. The molecular weight excluding hydrogens is 452 g/mol. The maximum atomic E-state index is 14.1. The molecule has 2 aliphatic rings. The monoisotopic (exact) mass is 492 g/mol. The average molecular weight is 493 g/mol. The number of hydrogen-bond donors (Lipinski definition) is 2. The quantitative estimate of drug-likeness (QED) is 0.395. The Hall–Kier alpha value is -2.71. The van der Waals surface area contributed by atoms with Crippen LogP contribution in [0.25, 0.3) is 21.8 Å². The van der Waals surface area contributed by atoms with Crippen molar-refractivity contribution < 1.29 is 5.11 Å². The summed E-state index contributed by atoms with van der Waals surface area (Å²) in [5, 5.41) is 16.0. The van der Waals surface area contributed by atoms with Crippen LogP contribution in [0.3, 0.4) is 0 Å². The minimum Gasteiger partial charge on any atom is -0.393 e. The van der Waals surface area contributed by atoms with Gasteiger partial charge in [-0.3, -0.25) is 14.3 Å². The fraction of sp³-hybridized carbons (Fsp3) is 0.607. The van der Waals surface area contributed by atoms with Gasteiger partial charge in [0, 0.05) is 55.0 Å². The molecule has 5 rings (SSSR count). The number of anilines is 2. The number of fused-ring (bicyclic) bond motifs is 3. The number of piperazine rings is 1. The molecule has 1 saturated carbocycles. The molecule has 0 unspecified atom stereocenters. The molecule has 194 valence electrons. The molecule has 2 atom stereocenters. The third-order valence-corrected chi connectivity index (χ3v) is 8.21. The van der Waals surface area contributed by atoms with Crippen molar-refractivity contribution in [3.63, 3.8) is 0 Å². The van der Waals surface area contributed by atoms with Crippen molar-refractivity contribution >= 4 is 33.4 Å². The molecule has 8 heteroatoms. The Balaban J connectivity index is 1.64. The Morgan fingerprint density at radius 3 is 2.58 bits per heavy atom. The van der Waals surface area contributed by atoms with Gasteiger partial charge in [-0.1, -0.05) is 19.4 Å². The van der Waals surface area contributed by atoms with E-state index in [1.165, 1.54) is 0 Å². The van der Waals surface area contributed by atoms with Crippen LogP contribution in [0.15, 0.2) is 29.2 Å². The predicted molar refractivity (Wildman–Crippen MR) is 147 cm³/mol. The second kappa shape index (κ2) is 10.3. The summed E-state index contributed by atoms with van der Waals surface area (Å²) < 4.78 is 1.90. The fourth-order valence-electron chi connectivity index (χ4n) is 5.87. The smallest absolute Gasteiger partial charge is 0.260 e. The molecular formula is C28H40N6O2. The molecule has 2 N–H and O–H groups in total. The van der Waals surface area contributed by atoms with Gasteiger partial charge in [-0.25, -0.2) is 4.98 Å². The van der Waals surface area contributed by atoms with Gasteiger partial charge in [0.2, 0.25) is 5.95 Å². The molecule has 2 fully saturated rings. The van der Waals surface area contributed by atoms with E-state index in [0.717, 1.165) is 67.2 Å². The summed E-state index contributed by atoms with van der Waals surface area (Å²) in [4.78, 5) is 28.4. The Kier molecular flexibility index (Phi) is 7.17. The number of rotatable bonds is 6. The lowest BCUT2D eigenvalue weighted by Crippen LogP contribution is -2.55. The zero-order chi connectivity index (χ0) is 25.4. The van der Waals surface area contributed by atoms with Crippen LogP contribution in [-0.4, -0.2) is 69.4 Å². The lowest BCUT2D eigenvalue weighted by atomic mass is 9.92. The van der Waals surface area contributed by atoms with Gasteiger partial charge in [0.15, 0.2) is 0 Å². The standard InChI is InChI=1S/C28H40N6O2/c1-5-6-13-29-28-30-15-25-23-12-9-21(33-17-18(2)32(4)16-19(33)3)14-24(23)27(36)34(26(25)31-28)20-7-10-22(35)11-8-20/h9,12,14-15,18-20,22,35H,5-8,10-11,13,16-17H2,1-4H3,(H,29,30,31)/t18-,19+,20?,22?/m1/s1. The number of nitrogens with zero attached hydrogens (tertiary/aromatic N) is 5. The second-order valence-corrected chi connectivity index (χ2v) is 10.9. The molecule has 0 bridgehead atoms. The number of pyridine rings is 1. The maximum Gasteiger partial charge on any atom is 0.260 e. The molecule has 1 aliphatic carbocycles. The second-order valence-electron chi connectivity index (χ2n) is 10.9. The van der Waals surface area contributed by atoms with Crippen molar-refractivity contribution in [2.45, 2.75) is 83.5 Å². The first kappa shape index (κ1) is 25.0. The Labute approximate surface area is 213 Å². The van der Waals surface area contributed by atoms with Crippen LogP contribution in [0.2, 0.25) is 0 Å². The molecule has 0 spiro atoms. The molecule has 36 heavy (non-hydrogen) atoms. The number of hydrogen-bond acceptors (Lipinski definition) is 7. The summed E-state index contributed by atoms with van der Waals surface area (Å²) in [5.41, 5.74) is 1.79. The highest BCUT2D eigenvalue weighted by atomic mass is 16.3. The fourth-order valence-corrected chi connectivity index (χ4v) is 5.87. The van der Waals surface area contributed by atoms with Gasteiger partial charge in [0.1, 0.15) is 5.65 Å². The lowest BCUT2D eigenvalue weighted by molar-refractivity contribution is 0.111. The average Bonchev–Trinajstić information content (AvgIpc) is 2.87. The van der Waals surface area contributed by atoms with E-state index in [2.05, 4.69) is 66.1 Å². The van der Waals surface area contributed by atoms with Gasteiger partial charge in [-0.15, -0.1) is 0 Å². The molecule has 1 aromatic carbocycles. The zero-order valence-corrected chi connectivity index (χ0v) is 22.1. The molecule has 3 heterocycles. The van der Waals surface area contributed by atoms with Gasteiger partial charge >= 0.3 is 0 Å². The van der Waals surface area contributed by atoms with Gasteiger partial charge in [0.25, 0.3) is 5.56 Å². The van der Waals surface area contributed by atoms with E-state index in [9.17, 15) is 9.90 Å². The summed E-state index contributed by atoms with van der Waals surface area (Å²) in [7, 11) is 2.18. The van der Waals surface area contributed by atoms with Crippen LogP contribution in [0.5, 0.6) is 0 Å². The van der Waals surface area contributed by atoms with Crippen LogP contribution in [-0.2, 0) is 0 Å². The van der Waals surface area contributed by atoms with E-state index in [1.54, 1.807) is 0 Å². The topological polar surface area (TPSA) is 86.5 Å². The highest BCUT2D eigenvalue weighted by Crippen LogP contribution is 2.33. The zero-order valence-electron chi connectivity index (χ0n) is 22.1. The van der Waals surface area contributed by atoms with E-state index in [4.69, 9.17) is 4.98 Å². The van der Waals surface area contributed by atoms with E-state index < -0.39 is 0 Å². The van der Waals surface area contributed by atoms with Crippen molar-refractivity contribution in [3.05, 3.63) is 34.7 Å². The Morgan fingerprint density at radius 1 is 1.06 bits per heavy atom. The van der Waals surface area contributed by atoms with E-state index in [-0.39, 0.29) is 17.7 Å².